The van der Waals surface area contributed by atoms with Crippen molar-refractivity contribution in [3.8, 4) is 0 Å². The number of carbonyl (C=O) groups excluding carboxylic acids is 1. The van der Waals surface area contributed by atoms with Crippen molar-refractivity contribution in [2.24, 2.45) is 5.92 Å². The summed E-state index contributed by atoms with van der Waals surface area (Å²) >= 11 is 0. The standard InChI is InChI=1S/C18H32N2O5S/c1-2-24-17(21)15-5-7-16(8-6-15)25-18(19-9-3-4-10-19)20-11-13-26(22,23)14-12-20/h15-16,18H,2-14H2,1H3/t15-,16-,18?. The van der Waals surface area contributed by atoms with Crippen LogP contribution in [0.3, 0.4) is 0 Å². The lowest BCUT2D eigenvalue weighted by molar-refractivity contribution is -0.183. The Labute approximate surface area is 156 Å². The van der Waals surface area contributed by atoms with E-state index in [4.69, 9.17) is 9.47 Å². The summed E-state index contributed by atoms with van der Waals surface area (Å²) in [6.07, 6.45) is 5.68. The summed E-state index contributed by atoms with van der Waals surface area (Å²) in [7, 11) is -2.90. The molecule has 1 unspecified atom stereocenters. The van der Waals surface area contributed by atoms with Crippen LogP contribution in [0.4, 0.5) is 0 Å². The van der Waals surface area contributed by atoms with Gasteiger partial charge in [0.25, 0.3) is 0 Å². The number of nitrogens with zero attached hydrogens (tertiary/aromatic N) is 2. The van der Waals surface area contributed by atoms with Gasteiger partial charge in [-0.15, -0.1) is 0 Å². The van der Waals surface area contributed by atoms with Crippen LogP contribution in [-0.2, 0) is 24.1 Å². The van der Waals surface area contributed by atoms with Crippen LogP contribution in [0.25, 0.3) is 0 Å². The van der Waals surface area contributed by atoms with Gasteiger partial charge in [0.2, 0.25) is 0 Å². The minimum atomic E-state index is -2.90. The molecule has 3 rings (SSSR count). The van der Waals surface area contributed by atoms with E-state index in [9.17, 15) is 13.2 Å². The van der Waals surface area contributed by atoms with Crippen molar-refractivity contribution in [1.82, 2.24) is 9.80 Å². The molecule has 3 fully saturated rings. The molecule has 0 aromatic rings. The summed E-state index contributed by atoms with van der Waals surface area (Å²) in [5.74, 6) is 0.357. The molecular weight excluding hydrogens is 356 g/mol. The average molecular weight is 389 g/mol. The molecule has 1 atom stereocenters. The first-order chi connectivity index (χ1) is 12.5. The maximum absolute atomic E-state index is 11.9. The van der Waals surface area contributed by atoms with Crippen LogP contribution < -0.4 is 0 Å². The summed E-state index contributed by atoms with van der Waals surface area (Å²) in [6, 6.07) is 0. The second-order valence-electron chi connectivity index (χ2n) is 7.62. The zero-order chi connectivity index (χ0) is 18.6. The molecule has 26 heavy (non-hydrogen) atoms. The molecule has 0 aromatic heterocycles. The molecule has 0 spiro atoms. The highest BCUT2D eigenvalue weighted by Gasteiger charge is 2.36. The summed E-state index contributed by atoms with van der Waals surface area (Å²) in [5.41, 5.74) is 0. The minimum Gasteiger partial charge on any atom is -0.466 e. The number of sulfone groups is 1. The number of rotatable bonds is 6. The highest BCUT2D eigenvalue weighted by molar-refractivity contribution is 7.91. The molecule has 0 radical (unpaired) electrons. The van der Waals surface area contributed by atoms with Gasteiger partial charge in [0, 0.05) is 26.2 Å². The van der Waals surface area contributed by atoms with Crippen LogP contribution in [0, 0.1) is 5.92 Å². The Kier molecular flexibility index (Phi) is 6.93. The summed E-state index contributed by atoms with van der Waals surface area (Å²) in [6.45, 7) is 5.37. The molecule has 3 aliphatic rings. The Morgan fingerprint density at radius 2 is 1.58 bits per heavy atom. The monoisotopic (exact) mass is 388 g/mol. The highest BCUT2D eigenvalue weighted by atomic mass is 32.2. The van der Waals surface area contributed by atoms with E-state index in [2.05, 4.69) is 9.80 Å². The van der Waals surface area contributed by atoms with Crippen molar-refractivity contribution < 1.29 is 22.7 Å². The quantitative estimate of drug-likeness (QED) is 0.634. The lowest BCUT2D eigenvalue weighted by Gasteiger charge is -2.41. The molecule has 7 nitrogen and oxygen atoms in total. The van der Waals surface area contributed by atoms with Gasteiger partial charge in [-0.25, -0.2) is 8.42 Å². The molecule has 1 saturated carbocycles. The largest absolute Gasteiger partial charge is 0.466 e. The van der Waals surface area contributed by atoms with E-state index >= 15 is 0 Å². The van der Waals surface area contributed by atoms with Gasteiger partial charge in [-0.1, -0.05) is 0 Å². The first-order valence-electron chi connectivity index (χ1n) is 9.99. The molecule has 2 saturated heterocycles. The predicted octanol–water partition coefficient (Wildman–Crippen LogP) is 1.23. The first-order valence-corrected chi connectivity index (χ1v) is 11.8. The Morgan fingerprint density at radius 1 is 1.00 bits per heavy atom. The molecule has 1 aliphatic carbocycles. The van der Waals surface area contributed by atoms with Gasteiger partial charge < -0.3 is 9.47 Å². The fraction of sp³-hybridized carbons (Fsp3) is 0.944. The second kappa shape index (κ2) is 8.99. The predicted molar refractivity (Wildman–Crippen MR) is 98.3 cm³/mol. The van der Waals surface area contributed by atoms with Crippen molar-refractivity contribution in [2.45, 2.75) is 57.9 Å². The summed E-state index contributed by atoms with van der Waals surface area (Å²) in [4.78, 5) is 16.4. The lowest BCUT2D eigenvalue weighted by atomic mass is 9.87. The third kappa shape index (κ3) is 5.18. The van der Waals surface area contributed by atoms with Gasteiger partial charge >= 0.3 is 5.97 Å². The zero-order valence-corrected chi connectivity index (χ0v) is 16.6. The van der Waals surface area contributed by atoms with E-state index in [0.717, 1.165) is 38.8 Å². The van der Waals surface area contributed by atoms with E-state index in [1.807, 2.05) is 6.92 Å². The molecule has 150 valence electrons. The van der Waals surface area contributed by atoms with Crippen molar-refractivity contribution in [1.29, 1.82) is 0 Å². The highest BCUT2D eigenvalue weighted by Crippen LogP contribution is 2.30. The molecule has 2 aliphatic heterocycles. The fourth-order valence-electron chi connectivity index (χ4n) is 4.18. The van der Waals surface area contributed by atoms with Crippen molar-refractivity contribution in [2.75, 3.05) is 44.3 Å². The molecule has 0 bridgehead atoms. The second-order valence-corrected chi connectivity index (χ2v) is 9.92. The van der Waals surface area contributed by atoms with E-state index in [0.29, 0.717) is 19.7 Å². The van der Waals surface area contributed by atoms with Crippen LogP contribution in [0.1, 0.15) is 45.4 Å². The Bertz CT molecular complexity index is 554. The third-order valence-corrected chi connectivity index (χ3v) is 7.36. The molecular formula is C18H32N2O5S. The Hall–Kier alpha value is -0.700. The molecule has 0 amide bonds. The normalized spacial score (nSPS) is 31.6. The van der Waals surface area contributed by atoms with Crippen LogP contribution in [0.15, 0.2) is 0 Å². The maximum atomic E-state index is 11.9. The summed E-state index contributed by atoms with van der Waals surface area (Å²) in [5, 5.41) is 0. The first kappa shape index (κ1) is 20.0. The minimum absolute atomic E-state index is 0.000154. The van der Waals surface area contributed by atoms with Gasteiger partial charge in [-0.3, -0.25) is 14.6 Å². The number of hydrogen-bond acceptors (Lipinski definition) is 7. The number of hydrogen-bond donors (Lipinski definition) is 0. The number of esters is 1. The van der Waals surface area contributed by atoms with Gasteiger partial charge in [-0.05, 0) is 45.4 Å². The van der Waals surface area contributed by atoms with Gasteiger partial charge in [-0.2, -0.15) is 0 Å². The Morgan fingerprint density at radius 3 is 2.15 bits per heavy atom. The van der Waals surface area contributed by atoms with Crippen LogP contribution >= 0.6 is 0 Å². The van der Waals surface area contributed by atoms with E-state index in [1.54, 1.807) is 0 Å². The van der Waals surface area contributed by atoms with Crippen molar-refractivity contribution in [3.05, 3.63) is 0 Å². The Balaban J connectivity index is 1.56. The molecule has 0 aromatic carbocycles. The van der Waals surface area contributed by atoms with Gasteiger partial charge in [0.1, 0.15) is 0 Å². The van der Waals surface area contributed by atoms with Gasteiger partial charge in [0.05, 0.1) is 30.1 Å². The van der Waals surface area contributed by atoms with Crippen LogP contribution in [0.2, 0.25) is 0 Å². The topological polar surface area (TPSA) is 76.2 Å². The maximum Gasteiger partial charge on any atom is 0.308 e. The molecule has 2 heterocycles. The average Bonchev–Trinajstić information content (AvgIpc) is 3.15. The van der Waals surface area contributed by atoms with Crippen LogP contribution in [-0.4, -0.2) is 80.9 Å². The zero-order valence-electron chi connectivity index (χ0n) is 15.8. The number of carbonyl (C=O) groups is 1. The molecule has 8 heteroatoms. The van der Waals surface area contributed by atoms with Crippen molar-refractivity contribution in [3.63, 3.8) is 0 Å². The van der Waals surface area contributed by atoms with Crippen LogP contribution in [0.5, 0.6) is 0 Å². The van der Waals surface area contributed by atoms with Gasteiger partial charge in [0.15, 0.2) is 16.2 Å². The van der Waals surface area contributed by atoms with Crippen molar-refractivity contribution >= 4 is 15.8 Å². The van der Waals surface area contributed by atoms with E-state index in [-0.39, 0.29) is 35.8 Å². The number of likely N-dealkylation sites (tertiary alicyclic amines) is 1. The number of ether oxygens (including phenoxy) is 2. The molecule has 0 N–H and O–H groups in total. The summed E-state index contributed by atoms with van der Waals surface area (Å²) < 4.78 is 35.1. The van der Waals surface area contributed by atoms with E-state index in [1.165, 1.54) is 12.8 Å². The van der Waals surface area contributed by atoms with E-state index < -0.39 is 9.84 Å². The fourth-order valence-corrected chi connectivity index (χ4v) is 5.41. The SMILES string of the molecule is CCOC(=O)[C@H]1CC[C@H](OC(N2CCCC2)N2CCS(=O)(=O)CC2)CC1. The third-order valence-electron chi connectivity index (χ3n) is 5.75. The smallest absolute Gasteiger partial charge is 0.308 e. The lowest BCUT2D eigenvalue weighted by Crippen LogP contribution is -2.55.